The molecule has 1 amide bonds. The Bertz CT molecular complexity index is 2140. The second-order valence-electron chi connectivity index (χ2n) is 14.4. The first-order valence-corrected chi connectivity index (χ1v) is 18.2. The van der Waals surface area contributed by atoms with E-state index >= 15 is 0 Å². The van der Waals surface area contributed by atoms with Crippen LogP contribution in [-0.2, 0) is 20.4 Å². The number of anilines is 1. The van der Waals surface area contributed by atoms with Gasteiger partial charge in [-0.25, -0.2) is 0 Å². The first-order valence-electron chi connectivity index (χ1n) is 18.2. The van der Waals surface area contributed by atoms with Crippen LogP contribution in [0.5, 0.6) is 0 Å². The minimum absolute atomic E-state index is 0.0591. The highest BCUT2D eigenvalue weighted by atomic mass is 16.4. The first-order chi connectivity index (χ1) is 24.5. The Balaban J connectivity index is 1.27. The summed E-state index contributed by atoms with van der Waals surface area (Å²) in [5, 5.41) is 14.4. The summed E-state index contributed by atoms with van der Waals surface area (Å²) in [5.41, 5.74) is 6.47. The van der Waals surface area contributed by atoms with E-state index in [1.165, 1.54) is 44.1 Å². The number of fused-ring (bicyclic) bond motifs is 6. The quantitative estimate of drug-likeness (QED) is 0.120. The van der Waals surface area contributed by atoms with Crippen LogP contribution in [0.3, 0.4) is 0 Å². The number of aliphatic carboxylic acids is 1. The molecule has 0 atom stereocenters. The van der Waals surface area contributed by atoms with Crippen LogP contribution in [0.1, 0.15) is 65.5 Å². The van der Waals surface area contributed by atoms with Crippen LogP contribution >= 0.6 is 0 Å². The number of hydrogen-bond donors (Lipinski definition) is 1. The van der Waals surface area contributed by atoms with E-state index < -0.39 is 5.97 Å². The molecule has 0 saturated carbocycles. The summed E-state index contributed by atoms with van der Waals surface area (Å²) >= 11 is 0. The van der Waals surface area contributed by atoms with Crippen molar-refractivity contribution >= 4 is 50.5 Å². The minimum atomic E-state index is -0.805. The first kappa shape index (κ1) is 35.6. The van der Waals surface area contributed by atoms with Gasteiger partial charge in [-0.1, -0.05) is 98.8 Å². The van der Waals surface area contributed by atoms with Gasteiger partial charge in [0.15, 0.2) is 12.3 Å². The molecule has 0 radical (unpaired) electrons. The lowest BCUT2D eigenvalue weighted by molar-refractivity contribution is -0.436. The molecule has 2 heterocycles. The van der Waals surface area contributed by atoms with Gasteiger partial charge in [-0.15, -0.1) is 0 Å². The van der Waals surface area contributed by atoms with Gasteiger partial charge >= 0.3 is 5.97 Å². The van der Waals surface area contributed by atoms with Crippen LogP contribution in [0.2, 0.25) is 0 Å². The fourth-order valence-corrected chi connectivity index (χ4v) is 8.19. The Kier molecular flexibility index (Phi) is 10.2. The monoisotopic (exact) mass is 680 g/mol. The third kappa shape index (κ3) is 6.67. The van der Waals surface area contributed by atoms with Gasteiger partial charge in [-0.3, -0.25) is 9.59 Å². The van der Waals surface area contributed by atoms with Crippen molar-refractivity contribution in [3.63, 3.8) is 0 Å². The number of allylic oxidation sites excluding steroid dienone is 8. The molecule has 0 fully saturated rings. The molecule has 2 aliphatic heterocycles. The van der Waals surface area contributed by atoms with E-state index in [1.54, 1.807) is 0 Å². The van der Waals surface area contributed by atoms with Gasteiger partial charge in [-0.2, -0.15) is 4.58 Å². The smallest absolute Gasteiger partial charge is 0.309 e. The van der Waals surface area contributed by atoms with Crippen molar-refractivity contribution in [1.82, 2.24) is 4.90 Å². The molecule has 4 aromatic rings. The molecule has 0 aromatic heterocycles. The summed E-state index contributed by atoms with van der Waals surface area (Å²) in [5.74, 6) is -0.627. The summed E-state index contributed by atoms with van der Waals surface area (Å²) in [7, 11) is 0. The maximum Gasteiger partial charge on any atom is 0.309 e. The predicted octanol–water partition coefficient (Wildman–Crippen LogP) is 9.45. The number of nitrogens with zero attached hydrogens (tertiary/aromatic N) is 3. The minimum Gasteiger partial charge on any atom is -0.481 e. The molecule has 262 valence electrons. The lowest BCUT2D eigenvalue weighted by Gasteiger charge is -2.28. The van der Waals surface area contributed by atoms with Crippen LogP contribution in [0.15, 0.2) is 121 Å². The summed E-state index contributed by atoms with van der Waals surface area (Å²) in [6.45, 7) is 15.5. The number of carboxylic acid groups (broad SMARTS) is 1. The average Bonchev–Trinajstić information content (AvgIpc) is 3.48. The van der Waals surface area contributed by atoms with Gasteiger partial charge in [-0.05, 0) is 73.0 Å². The standard InChI is InChI=1S/C45H49N3O3/c1-7-46(8-2)40(49)28-30-47-36-26-24-32-18-14-16-20-34(32)42(36)44(3,4)38(47)22-12-10-9-11-13-23-39-45(5,6)43-35-21-17-15-19-33(35)25-27-37(43)48(39)31-29-41(50)51/h9-27H,7-8,28-31H2,1-6H3/p+1. The summed E-state index contributed by atoms with van der Waals surface area (Å²) in [6, 6.07) is 25.6. The van der Waals surface area contributed by atoms with Gasteiger partial charge in [0.05, 0.1) is 5.41 Å². The SMILES string of the molecule is CCN(CC)C(=O)CCN1/C(=C/C=C/C=C/C=C/C2=[N+](CCC(=O)O)c3ccc4ccccc4c3C2(C)C)C(C)(C)c2c1ccc1ccccc21. The molecule has 0 bridgehead atoms. The number of amides is 1. The Labute approximate surface area is 302 Å². The summed E-state index contributed by atoms with van der Waals surface area (Å²) in [6.07, 6.45) is 15.0. The van der Waals surface area contributed by atoms with Crippen molar-refractivity contribution < 1.29 is 19.3 Å². The second-order valence-corrected chi connectivity index (χ2v) is 14.4. The van der Waals surface area contributed by atoms with Gasteiger partial charge in [0, 0.05) is 60.6 Å². The van der Waals surface area contributed by atoms with Crippen molar-refractivity contribution in [1.29, 1.82) is 0 Å². The highest BCUT2D eigenvalue weighted by molar-refractivity contribution is 6.07. The lowest BCUT2D eigenvalue weighted by atomic mass is 9.79. The van der Waals surface area contributed by atoms with Crippen LogP contribution in [0.4, 0.5) is 11.4 Å². The second kappa shape index (κ2) is 14.6. The van der Waals surface area contributed by atoms with Crippen molar-refractivity contribution in [2.75, 3.05) is 31.1 Å². The molecule has 6 nitrogen and oxygen atoms in total. The van der Waals surface area contributed by atoms with E-state index in [9.17, 15) is 14.7 Å². The maximum absolute atomic E-state index is 13.1. The number of carboxylic acids is 1. The summed E-state index contributed by atoms with van der Waals surface area (Å²) < 4.78 is 2.17. The molecule has 1 N–H and O–H groups in total. The van der Waals surface area contributed by atoms with Gasteiger partial charge in [0.1, 0.15) is 6.42 Å². The predicted molar refractivity (Wildman–Crippen MR) is 211 cm³/mol. The molecule has 2 aliphatic rings. The van der Waals surface area contributed by atoms with Crippen LogP contribution in [0.25, 0.3) is 21.5 Å². The average molecular weight is 681 g/mol. The topological polar surface area (TPSA) is 63.9 Å². The Morgan fingerprint density at radius 2 is 1.35 bits per heavy atom. The van der Waals surface area contributed by atoms with Crippen LogP contribution < -0.4 is 4.90 Å². The highest BCUT2D eigenvalue weighted by Crippen LogP contribution is 2.51. The van der Waals surface area contributed by atoms with Crippen molar-refractivity contribution in [2.24, 2.45) is 0 Å². The fourth-order valence-electron chi connectivity index (χ4n) is 8.19. The van der Waals surface area contributed by atoms with Crippen molar-refractivity contribution in [3.8, 4) is 0 Å². The van der Waals surface area contributed by atoms with E-state index in [0.717, 1.165) is 24.5 Å². The molecule has 4 aromatic carbocycles. The fraction of sp³-hybridized carbons (Fsp3) is 0.311. The van der Waals surface area contributed by atoms with Gasteiger partial charge < -0.3 is 14.9 Å². The molecule has 0 aliphatic carbocycles. The zero-order valence-corrected chi connectivity index (χ0v) is 30.8. The van der Waals surface area contributed by atoms with E-state index in [0.29, 0.717) is 19.5 Å². The highest BCUT2D eigenvalue weighted by Gasteiger charge is 2.45. The zero-order chi connectivity index (χ0) is 36.3. The number of hydrogen-bond acceptors (Lipinski definition) is 3. The number of carbonyl (C=O) groups is 2. The normalized spacial score (nSPS) is 17.1. The molecule has 0 spiro atoms. The number of carbonyl (C=O) groups excluding carboxylic acids is 1. The van der Waals surface area contributed by atoms with E-state index in [1.807, 2.05) is 43.1 Å². The maximum atomic E-state index is 13.1. The zero-order valence-electron chi connectivity index (χ0n) is 30.8. The van der Waals surface area contributed by atoms with Crippen molar-refractivity contribution in [3.05, 3.63) is 132 Å². The lowest BCUT2D eigenvalue weighted by Crippen LogP contribution is -2.34. The van der Waals surface area contributed by atoms with Gasteiger partial charge in [0.25, 0.3) is 0 Å². The molecule has 0 saturated heterocycles. The molecule has 0 unspecified atom stereocenters. The van der Waals surface area contributed by atoms with Gasteiger partial charge in [0.2, 0.25) is 11.6 Å². The molecular formula is C45H50N3O3+. The van der Waals surface area contributed by atoms with Crippen LogP contribution in [0, 0.1) is 0 Å². The summed E-state index contributed by atoms with van der Waals surface area (Å²) in [4.78, 5) is 28.9. The third-order valence-corrected chi connectivity index (χ3v) is 10.7. The van der Waals surface area contributed by atoms with Crippen molar-refractivity contribution in [2.45, 2.75) is 65.2 Å². The largest absolute Gasteiger partial charge is 0.481 e. The molecular weight excluding hydrogens is 631 g/mol. The van der Waals surface area contributed by atoms with E-state index in [-0.39, 0.29) is 23.2 Å². The third-order valence-electron chi connectivity index (χ3n) is 10.7. The molecule has 51 heavy (non-hydrogen) atoms. The Morgan fingerprint density at radius 3 is 2.02 bits per heavy atom. The Morgan fingerprint density at radius 1 is 0.745 bits per heavy atom. The van der Waals surface area contributed by atoms with Crippen LogP contribution in [-0.4, -0.2) is 58.3 Å². The number of rotatable bonds is 12. The molecule has 6 heteroatoms. The van der Waals surface area contributed by atoms with E-state index in [2.05, 4.69) is 128 Å². The Hall–Kier alpha value is -5.23. The molecule has 6 rings (SSSR count). The number of benzene rings is 4. The van der Waals surface area contributed by atoms with E-state index in [4.69, 9.17) is 0 Å².